The number of amides is 2. The van der Waals surface area contributed by atoms with Crippen molar-refractivity contribution in [3.63, 3.8) is 0 Å². The van der Waals surface area contributed by atoms with Gasteiger partial charge in [-0.05, 0) is 41.8 Å². The van der Waals surface area contributed by atoms with Crippen molar-refractivity contribution in [2.45, 2.75) is 12.8 Å². The largest absolute Gasteiger partial charge is 0.481 e. The first-order chi connectivity index (χ1) is 14.5. The van der Waals surface area contributed by atoms with E-state index in [1.165, 1.54) is 0 Å². The van der Waals surface area contributed by atoms with Crippen molar-refractivity contribution in [1.29, 1.82) is 0 Å². The summed E-state index contributed by atoms with van der Waals surface area (Å²) >= 11 is 0. The van der Waals surface area contributed by atoms with Crippen LogP contribution in [-0.2, 0) is 4.79 Å². The maximum absolute atomic E-state index is 12.7. The molecule has 0 fully saturated rings. The summed E-state index contributed by atoms with van der Waals surface area (Å²) in [6.07, 6.45) is 0.320. The molecule has 0 radical (unpaired) electrons. The van der Waals surface area contributed by atoms with Gasteiger partial charge in [0.1, 0.15) is 0 Å². The topological polar surface area (TPSA) is 95.5 Å². The normalized spacial score (nSPS) is 10.3. The summed E-state index contributed by atoms with van der Waals surface area (Å²) in [5.74, 6) is -1.59. The molecular weight excluding hydrogens is 380 g/mol. The molecule has 0 saturated carbocycles. The van der Waals surface area contributed by atoms with Gasteiger partial charge in [-0.1, -0.05) is 54.6 Å². The summed E-state index contributed by atoms with van der Waals surface area (Å²) in [5, 5.41) is 14.1. The number of carboxylic acids is 1. The summed E-state index contributed by atoms with van der Waals surface area (Å²) < 4.78 is 0. The SMILES string of the molecule is O=C(O)CCCNC(=O)c1ccccc1NC(=O)c1ccc(-c2ccccc2)cc1. The van der Waals surface area contributed by atoms with E-state index in [9.17, 15) is 14.4 Å². The lowest BCUT2D eigenvalue weighted by Crippen LogP contribution is -2.26. The van der Waals surface area contributed by atoms with Gasteiger partial charge < -0.3 is 15.7 Å². The highest BCUT2D eigenvalue weighted by molar-refractivity contribution is 6.09. The van der Waals surface area contributed by atoms with Crippen molar-refractivity contribution >= 4 is 23.5 Å². The number of hydrogen-bond donors (Lipinski definition) is 3. The van der Waals surface area contributed by atoms with E-state index in [4.69, 9.17) is 5.11 Å². The number of hydrogen-bond acceptors (Lipinski definition) is 3. The van der Waals surface area contributed by atoms with E-state index in [1.807, 2.05) is 42.5 Å². The Morgan fingerprint density at radius 1 is 0.733 bits per heavy atom. The van der Waals surface area contributed by atoms with Gasteiger partial charge in [0, 0.05) is 18.5 Å². The summed E-state index contributed by atoms with van der Waals surface area (Å²) in [6.45, 7) is 0.244. The van der Waals surface area contributed by atoms with E-state index in [1.54, 1.807) is 36.4 Å². The average molecular weight is 402 g/mol. The molecule has 3 aromatic rings. The number of carbonyl (C=O) groups excluding carboxylic acids is 2. The Labute approximate surface area is 174 Å². The summed E-state index contributed by atoms with van der Waals surface area (Å²) in [4.78, 5) is 35.6. The minimum atomic E-state index is -0.907. The predicted octanol–water partition coefficient (Wildman–Crippen LogP) is 4.20. The van der Waals surface area contributed by atoms with Crippen LogP contribution in [0.3, 0.4) is 0 Å². The molecular formula is C24H22N2O4. The number of rotatable bonds is 8. The lowest BCUT2D eigenvalue weighted by atomic mass is 10.0. The fourth-order valence-corrected chi connectivity index (χ4v) is 2.97. The number of aliphatic carboxylic acids is 1. The summed E-state index contributed by atoms with van der Waals surface area (Å²) in [6, 6.07) is 23.8. The third-order valence-electron chi connectivity index (χ3n) is 4.53. The van der Waals surface area contributed by atoms with Gasteiger partial charge in [-0.2, -0.15) is 0 Å². The second-order valence-corrected chi connectivity index (χ2v) is 6.70. The van der Waals surface area contributed by atoms with Crippen LogP contribution in [0.5, 0.6) is 0 Å². The molecule has 0 aliphatic carbocycles. The second-order valence-electron chi connectivity index (χ2n) is 6.70. The molecule has 0 saturated heterocycles. The van der Waals surface area contributed by atoms with Crippen molar-refractivity contribution in [3.8, 4) is 11.1 Å². The minimum absolute atomic E-state index is 0.0162. The molecule has 3 rings (SSSR count). The molecule has 0 heterocycles. The van der Waals surface area contributed by atoms with Crippen LogP contribution in [0.1, 0.15) is 33.6 Å². The van der Waals surface area contributed by atoms with Crippen LogP contribution in [-0.4, -0.2) is 29.4 Å². The van der Waals surface area contributed by atoms with Gasteiger partial charge in [0.2, 0.25) is 0 Å². The van der Waals surface area contributed by atoms with Crippen LogP contribution in [0.4, 0.5) is 5.69 Å². The van der Waals surface area contributed by atoms with Gasteiger partial charge in [0.15, 0.2) is 0 Å². The highest BCUT2D eigenvalue weighted by Crippen LogP contribution is 2.21. The van der Waals surface area contributed by atoms with Crippen molar-refractivity contribution in [1.82, 2.24) is 5.32 Å². The zero-order valence-electron chi connectivity index (χ0n) is 16.3. The Morgan fingerprint density at radius 3 is 2.07 bits per heavy atom. The molecule has 0 bridgehead atoms. The van der Waals surface area contributed by atoms with Crippen LogP contribution in [0.2, 0.25) is 0 Å². The number of benzene rings is 3. The number of carbonyl (C=O) groups is 3. The van der Waals surface area contributed by atoms with Gasteiger partial charge in [-0.25, -0.2) is 0 Å². The third-order valence-corrected chi connectivity index (χ3v) is 4.53. The van der Waals surface area contributed by atoms with Gasteiger partial charge in [-0.3, -0.25) is 14.4 Å². The Bertz CT molecular complexity index is 1030. The molecule has 2 amide bonds. The quantitative estimate of drug-likeness (QED) is 0.492. The molecule has 6 heteroatoms. The average Bonchev–Trinajstić information content (AvgIpc) is 2.77. The monoisotopic (exact) mass is 402 g/mol. The highest BCUT2D eigenvalue weighted by Gasteiger charge is 2.14. The molecule has 152 valence electrons. The van der Waals surface area contributed by atoms with E-state index >= 15 is 0 Å². The Kier molecular flexibility index (Phi) is 6.95. The molecule has 0 atom stereocenters. The maximum Gasteiger partial charge on any atom is 0.303 e. The van der Waals surface area contributed by atoms with Gasteiger partial charge in [0.25, 0.3) is 11.8 Å². The zero-order valence-corrected chi connectivity index (χ0v) is 16.3. The Morgan fingerprint density at radius 2 is 1.37 bits per heavy atom. The fraction of sp³-hybridized carbons (Fsp3) is 0.125. The summed E-state index contributed by atoms with van der Waals surface area (Å²) in [7, 11) is 0. The first kappa shape index (κ1) is 20.8. The molecule has 0 unspecified atom stereocenters. The van der Waals surface area contributed by atoms with Crippen LogP contribution < -0.4 is 10.6 Å². The Hall–Kier alpha value is -3.93. The molecule has 0 aromatic heterocycles. The van der Waals surface area contributed by atoms with Gasteiger partial charge in [-0.15, -0.1) is 0 Å². The molecule has 0 spiro atoms. The zero-order chi connectivity index (χ0) is 21.3. The smallest absolute Gasteiger partial charge is 0.303 e. The minimum Gasteiger partial charge on any atom is -0.481 e. The first-order valence-corrected chi connectivity index (χ1v) is 9.60. The van der Waals surface area contributed by atoms with E-state index in [2.05, 4.69) is 10.6 Å². The predicted molar refractivity (Wildman–Crippen MR) is 115 cm³/mol. The lowest BCUT2D eigenvalue weighted by molar-refractivity contribution is -0.137. The van der Waals surface area contributed by atoms with Crippen LogP contribution >= 0.6 is 0 Å². The van der Waals surface area contributed by atoms with E-state index in [0.29, 0.717) is 23.2 Å². The van der Waals surface area contributed by atoms with Crippen LogP contribution in [0.25, 0.3) is 11.1 Å². The van der Waals surface area contributed by atoms with E-state index < -0.39 is 5.97 Å². The molecule has 30 heavy (non-hydrogen) atoms. The maximum atomic E-state index is 12.7. The number of para-hydroxylation sites is 1. The van der Waals surface area contributed by atoms with Crippen LogP contribution in [0, 0.1) is 0 Å². The van der Waals surface area contributed by atoms with Crippen molar-refractivity contribution < 1.29 is 19.5 Å². The van der Waals surface area contributed by atoms with Crippen molar-refractivity contribution in [2.75, 3.05) is 11.9 Å². The molecule has 6 nitrogen and oxygen atoms in total. The van der Waals surface area contributed by atoms with E-state index in [-0.39, 0.29) is 24.8 Å². The molecule has 3 aromatic carbocycles. The van der Waals surface area contributed by atoms with Crippen molar-refractivity contribution in [2.24, 2.45) is 0 Å². The molecule has 0 aliphatic rings. The third kappa shape index (κ3) is 5.54. The number of anilines is 1. The summed E-state index contributed by atoms with van der Waals surface area (Å²) in [5.41, 5.74) is 3.27. The first-order valence-electron chi connectivity index (χ1n) is 9.60. The Balaban J connectivity index is 1.67. The van der Waals surface area contributed by atoms with E-state index in [0.717, 1.165) is 11.1 Å². The van der Waals surface area contributed by atoms with Gasteiger partial charge in [0.05, 0.1) is 11.3 Å². The number of carboxylic acid groups (broad SMARTS) is 1. The second kappa shape index (κ2) is 10.0. The standard InChI is InChI=1S/C24H22N2O4/c27-22(28)11-6-16-25-24(30)20-9-4-5-10-21(20)26-23(29)19-14-12-18(13-15-19)17-7-2-1-3-8-17/h1-5,7-10,12-15H,6,11,16H2,(H,25,30)(H,26,29)(H,27,28). The van der Waals surface area contributed by atoms with Crippen molar-refractivity contribution in [3.05, 3.63) is 90.0 Å². The molecule has 0 aliphatic heterocycles. The van der Waals surface area contributed by atoms with Gasteiger partial charge >= 0.3 is 5.97 Å². The fourth-order valence-electron chi connectivity index (χ4n) is 2.97. The highest BCUT2D eigenvalue weighted by atomic mass is 16.4. The lowest BCUT2D eigenvalue weighted by Gasteiger charge is -2.12. The molecule has 3 N–H and O–H groups in total. The number of nitrogens with one attached hydrogen (secondary N) is 2. The van der Waals surface area contributed by atoms with Crippen LogP contribution in [0.15, 0.2) is 78.9 Å².